The third-order valence-electron chi connectivity index (χ3n) is 6.86. The summed E-state index contributed by atoms with van der Waals surface area (Å²) in [7, 11) is 0. The molecule has 0 atom stereocenters. The van der Waals surface area contributed by atoms with E-state index in [9.17, 15) is 14.4 Å². The fraction of sp³-hybridized carbons (Fsp3) is 0.321. The Kier molecular flexibility index (Phi) is 7.31. The quantitative estimate of drug-likeness (QED) is 0.273. The Hall–Kier alpha value is -4.67. The number of nitrogens with one attached hydrogen (secondary N) is 3. The largest absolute Gasteiger partial charge is 0.484 e. The van der Waals surface area contributed by atoms with Crippen LogP contribution in [0.5, 0.6) is 5.75 Å². The van der Waals surface area contributed by atoms with E-state index in [2.05, 4.69) is 25.6 Å². The number of benzene rings is 2. The Bertz CT molecular complexity index is 1550. The van der Waals surface area contributed by atoms with Crippen LogP contribution in [0.2, 0.25) is 0 Å². The number of nitrogens with zero attached hydrogens (tertiary/aromatic N) is 3. The molecule has 1 fully saturated rings. The van der Waals surface area contributed by atoms with Crippen LogP contribution in [-0.2, 0) is 4.79 Å². The molecule has 11 nitrogen and oxygen atoms in total. The molecule has 2 aromatic carbocycles. The normalized spacial score (nSPS) is 13.8. The number of carbonyl (C=O) groups excluding carboxylic acids is 3. The molecule has 0 unspecified atom stereocenters. The van der Waals surface area contributed by atoms with Gasteiger partial charge in [-0.25, -0.2) is 9.97 Å². The Labute approximate surface area is 225 Å². The standard InChI is InChI=1S/C28H31N7O4/c1-16-8-10-20(17(2)12-16)32-27(38)24-25(26(29)37)35(15-30-24)28-33-21-11-9-19(13-22(21)34-28)39-14-23(36)31-18-6-4-3-5-7-18/h8-13,15,18H,3-7,14H2,1-2H3,(H2,29,37)(H,31,36)(H,32,38)(H,33,34). The number of primary amides is 1. The number of rotatable bonds is 8. The first-order valence-corrected chi connectivity index (χ1v) is 13.0. The highest BCUT2D eigenvalue weighted by atomic mass is 16.5. The maximum absolute atomic E-state index is 13.0. The SMILES string of the molecule is Cc1ccc(NC(=O)c2ncn(-c3nc4cc(OCC(=O)NC5CCCCC5)ccc4[nH]3)c2C(N)=O)c(C)c1. The number of amides is 3. The molecular formula is C28H31N7O4. The molecule has 5 rings (SSSR count). The minimum atomic E-state index is -0.827. The second kappa shape index (κ2) is 11.0. The molecule has 1 saturated carbocycles. The lowest BCUT2D eigenvalue weighted by molar-refractivity contribution is -0.124. The minimum Gasteiger partial charge on any atom is -0.484 e. The van der Waals surface area contributed by atoms with Gasteiger partial charge in [0.2, 0.25) is 5.95 Å². The summed E-state index contributed by atoms with van der Waals surface area (Å²) >= 11 is 0. The molecule has 2 aromatic heterocycles. The second-order valence-corrected chi connectivity index (χ2v) is 9.88. The summed E-state index contributed by atoms with van der Waals surface area (Å²) in [4.78, 5) is 49.5. The van der Waals surface area contributed by atoms with Gasteiger partial charge in [0.1, 0.15) is 17.8 Å². The lowest BCUT2D eigenvalue weighted by Gasteiger charge is -2.22. The highest BCUT2D eigenvalue weighted by Gasteiger charge is 2.25. The Balaban J connectivity index is 1.33. The third kappa shape index (κ3) is 5.77. The zero-order valence-electron chi connectivity index (χ0n) is 21.9. The number of hydrogen-bond acceptors (Lipinski definition) is 6. The molecule has 39 heavy (non-hydrogen) atoms. The van der Waals surface area contributed by atoms with Gasteiger partial charge in [-0.05, 0) is 50.5 Å². The van der Waals surface area contributed by atoms with Crippen molar-refractivity contribution in [2.45, 2.75) is 52.0 Å². The maximum Gasteiger partial charge on any atom is 0.276 e. The van der Waals surface area contributed by atoms with Crippen molar-refractivity contribution < 1.29 is 19.1 Å². The number of H-pyrrole nitrogens is 1. The van der Waals surface area contributed by atoms with Crippen molar-refractivity contribution >= 4 is 34.4 Å². The zero-order valence-corrected chi connectivity index (χ0v) is 21.9. The molecule has 5 N–H and O–H groups in total. The Morgan fingerprint density at radius 1 is 1.10 bits per heavy atom. The van der Waals surface area contributed by atoms with Crippen LogP contribution in [0.4, 0.5) is 5.69 Å². The number of imidazole rings is 2. The lowest BCUT2D eigenvalue weighted by atomic mass is 9.95. The van der Waals surface area contributed by atoms with Crippen LogP contribution in [0, 0.1) is 13.8 Å². The molecule has 0 bridgehead atoms. The number of carbonyl (C=O) groups is 3. The second-order valence-electron chi connectivity index (χ2n) is 9.88. The van der Waals surface area contributed by atoms with E-state index in [-0.39, 0.29) is 35.9 Å². The molecule has 2 heterocycles. The smallest absolute Gasteiger partial charge is 0.276 e. The summed E-state index contributed by atoms with van der Waals surface area (Å²) < 4.78 is 7.04. The number of ether oxygens (including phenoxy) is 1. The number of aromatic nitrogens is 4. The minimum absolute atomic E-state index is 0.0917. The van der Waals surface area contributed by atoms with Crippen LogP contribution in [0.25, 0.3) is 17.0 Å². The third-order valence-corrected chi connectivity index (χ3v) is 6.86. The van der Waals surface area contributed by atoms with Crippen LogP contribution in [0.3, 0.4) is 0 Å². The van der Waals surface area contributed by atoms with Gasteiger partial charge in [0.25, 0.3) is 17.7 Å². The molecule has 1 aliphatic carbocycles. The van der Waals surface area contributed by atoms with Crippen molar-refractivity contribution in [3.05, 3.63) is 65.2 Å². The van der Waals surface area contributed by atoms with E-state index in [0.29, 0.717) is 22.5 Å². The molecule has 0 radical (unpaired) electrons. The van der Waals surface area contributed by atoms with E-state index in [1.54, 1.807) is 24.3 Å². The van der Waals surface area contributed by atoms with Gasteiger partial charge in [0, 0.05) is 17.8 Å². The number of nitrogens with two attached hydrogens (primary N) is 1. The highest BCUT2D eigenvalue weighted by Crippen LogP contribution is 2.23. The maximum atomic E-state index is 13.0. The van der Waals surface area contributed by atoms with Gasteiger partial charge in [-0.15, -0.1) is 0 Å². The molecule has 202 valence electrons. The first-order valence-electron chi connectivity index (χ1n) is 13.0. The summed E-state index contributed by atoms with van der Waals surface area (Å²) in [5.74, 6) is -0.807. The van der Waals surface area contributed by atoms with Crippen LogP contribution in [0.15, 0.2) is 42.7 Å². The molecule has 3 amide bonds. The van der Waals surface area contributed by atoms with Crippen molar-refractivity contribution in [2.24, 2.45) is 5.73 Å². The predicted octanol–water partition coefficient (Wildman–Crippen LogP) is 3.54. The number of fused-ring (bicyclic) bond motifs is 1. The van der Waals surface area contributed by atoms with Crippen LogP contribution >= 0.6 is 0 Å². The number of hydrogen-bond donors (Lipinski definition) is 4. The average molecular weight is 530 g/mol. The summed E-state index contributed by atoms with van der Waals surface area (Å²) in [6, 6.07) is 11.0. The van der Waals surface area contributed by atoms with E-state index in [1.165, 1.54) is 17.3 Å². The van der Waals surface area contributed by atoms with Crippen molar-refractivity contribution in [2.75, 3.05) is 11.9 Å². The fourth-order valence-corrected chi connectivity index (χ4v) is 4.89. The van der Waals surface area contributed by atoms with Gasteiger partial charge in [-0.1, -0.05) is 37.0 Å². The zero-order chi connectivity index (χ0) is 27.5. The number of aromatic amines is 1. The van der Waals surface area contributed by atoms with Gasteiger partial charge in [-0.3, -0.25) is 19.0 Å². The van der Waals surface area contributed by atoms with Crippen molar-refractivity contribution in [3.8, 4) is 11.7 Å². The van der Waals surface area contributed by atoms with Gasteiger partial charge < -0.3 is 26.1 Å². The first-order chi connectivity index (χ1) is 18.8. The summed E-state index contributed by atoms with van der Waals surface area (Å²) in [5.41, 5.74) is 9.19. The van der Waals surface area contributed by atoms with Gasteiger partial charge in [0.05, 0.1) is 11.0 Å². The molecule has 4 aromatic rings. The molecule has 0 saturated heterocycles. The Morgan fingerprint density at radius 2 is 1.90 bits per heavy atom. The number of anilines is 1. The molecule has 0 spiro atoms. The van der Waals surface area contributed by atoms with Gasteiger partial charge >= 0.3 is 0 Å². The Morgan fingerprint density at radius 3 is 2.64 bits per heavy atom. The fourth-order valence-electron chi connectivity index (χ4n) is 4.89. The average Bonchev–Trinajstić information content (AvgIpc) is 3.54. The summed E-state index contributed by atoms with van der Waals surface area (Å²) in [6.07, 6.45) is 6.82. The van der Waals surface area contributed by atoms with E-state index in [0.717, 1.165) is 36.8 Å². The van der Waals surface area contributed by atoms with E-state index >= 15 is 0 Å². The molecule has 0 aliphatic heterocycles. The van der Waals surface area contributed by atoms with Crippen LogP contribution in [-0.4, -0.2) is 49.9 Å². The van der Waals surface area contributed by atoms with Crippen molar-refractivity contribution in [1.29, 1.82) is 0 Å². The molecule has 1 aliphatic rings. The predicted molar refractivity (Wildman–Crippen MR) is 146 cm³/mol. The van der Waals surface area contributed by atoms with Crippen molar-refractivity contribution in [1.82, 2.24) is 24.8 Å². The molecular weight excluding hydrogens is 498 g/mol. The van der Waals surface area contributed by atoms with E-state index < -0.39 is 11.8 Å². The number of aryl methyl sites for hydroxylation is 2. The first kappa shape index (κ1) is 26.0. The molecule has 11 heteroatoms. The van der Waals surface area contributed by atoms with E-state index in [4.69, 9.17) is 10.5 Å². The lowest BCUT2D eigenvalue weighted by Crippen LogP contribution is -2.38. The monoisotopic (exact) mass is 529 g/mol. The van der Waals surface area contributed by atoms with E-state index in [1.807, 2.05) is 26.0 Å². The van der Waals surface area contributed by atoms with Crippen molar-refractivity contribution in [3.63, 3.8) is 0 Å². The highest BCUT2D eigenvalue weighted by molar-refractivity contribution is 6.10. The van der Waals surface area contributed by atoms with Gasteiger partial charge in [0.15, 0.2) is 12.3 Å². The summed E-state index contributed by atoms with van der Waals surface area (Å²) in [6.45, 7) is 3.75. The van der Waals surface area contributed by atoms with Crippen LogP contribution < -0.4 is 21.1 Å². The topological polar surface area (TPSA) is 157 Å². The summed E-state index contributed by atoms with van der Waals surface area (Å²) in [5, 5.41) is 5.82. The van der Waals surface area contributed by atoms with Gasteiger partial charge in [-0.2, -0.15) is 0 Å². The van der Waals surface area contributed by atoms with Crippen LogP contribution in [0.1, 0.15) is 64.2 Å².